The smallest absolute Gasteiger partial charge is 0.323 e. The SMILES string of the molecule is CCOC(=O)C(C)N(CCNC(=O)c1ccc(N(C)Cc2cnc3nc(N)nc(N)c3n2)cc1)[PH](=O)Oc1ccccc1. The fourth-order valence-corrected chi connectivity index (χ4v) is 5.30. The Kier molecular flexibility index (Phi) is 10.4. The van der Waals surface area contributed by atoms with Gasteiger partial charge in [0, 0.05) is 31.4 Å². The van der Waals surface area contributed by atoms with E-state index in [0.29, 0.717) is 34.7 Å². The Morgan fingerprint density at radius 1 is 1.05 bits per heavy atom. The number of esters is 1. The monoisotopic (exact) mass is 607 g/mol. The van der Waals surface area contributed by atoms with Crippen LogP contribution in [0.25, 0.3) is 11.2 Å². The molecule has 4 aromatic rings. The number of aromatic nitrogens is 4. The van der Waals surface area contributed by atoms with E-state index in [1.165, 1.54) is 4.67 Å². The minimum Gasteiger partial charge on any atom is -0.465 e. The minimum atomic E-state index is -2.86. The molecule has 0 radical (unpaired) electrons. The zero-order valence-corrected chi connectivity index (χ0v) is 25.1. The number of hydrogen-bond acceptors (Lipinski definition) is 12. The summed E-state index contributed by atoms with van der Waals surface area (Å²) in [5.41, 5.74) is 14.2. The Hall–Kier alpha value is -4.81. The molecule has 0 aliphatic heterocycles. The maximum Gasteiger partial charge on any atom is 0.323 e. The van der Waals surface area contributed by atoms with E-state index in [-0.39, 0.29) is 37.4 Å². The summed E-state index contributed by atoms with van der Waals surface area (Å²) in [6.07, 6.45) is 1.60. The van der Waals surface area contributed by atoms with Crippen LogP contribution in [0, 0.1) is 0 Å². The molecule has 2 unspecified atom stereocenters. The number of nitrogens with two attached hydrogens (primary N) is 2. The van der Waals surface area contributed by atoms with Crippen molar-refractivity contribution in [3.05, 3.63) is 72.1 Å². The van der Waals surface area contributed by atoms with Crippen LogP contribution in [0.2, 0.25) is 0 Å². The molecule has 2 aromatic heterocycles. The van der Waals surface area contributed by atoms with Crippen LogP contribution >= 0.6 is 8.18 Å². The molecule has 43 heavy (non-hydrogen) atoms. The van der Waals surface area contributed by atoms with E-state index in [1.54, 1.807) is 56.4 Å². The number of carbonyl (C=O) groups is 2. The Morgan fingerprint density at radius 3 is 2.47 bits per heavy atom. The third kappa shape index (κ3) is 8.15. The van der Waals surface area contributed by atoms with Gasteiger partial charge in [0.05, 0.1) is 25.0 Å². The van der Waals surface area contributed by atoms with Gasteiger partial charge in [-0.15, -0.1) is 0 Å². The van der Waals surface area contributed by atoms with Crippen LogP contribution in [-0.2, 0) is 20.6 Å². The molecular weight excluding hydrogens is 573 g/mol. The highest BCUT2D eigenvalue weighted by Gasteiger charge is 2.28. The first-order chi connectivity index (χ1) is 20.7. The zero-order chi connectivity index (χ0) is 30.9. The van der Waals surface area contributed by atoms with E-state index >= 15 is 0 Å². The van der Waals surface area contributed by atoms with E-state index in [9.17, 15) is 14.2 Å². The van der Waals surface area contributed by atoms with Gasteiger partial charge in [-0.2, -0.15) is 9.97 Å². The minimum absolute atomic E-state index is 0.0323. The summed E-state index contributed by atoms with van der Waals surface area (Å²) >= 11 is 0. The average Bonchev–Trinajstić information content (AvgIpc) is 2.99. The lowest BCUT2D eigenvalue weighted by Gasteiger charge is -2.26. The van der Waals surface area contributed by atoms with Crippen LogP contribution in [0.15, 0.2) is 60.8 Å². The van der Waals surface area contributed by atoms with E-state index < -0.39 is 20.2 Å². The molecule has 0 spiro atoms. The van der Waals surface area contributed by atoms with Gasteiger partial charge < -0.3 is 30.9 Å². The van der Waals surface area contributed by atoms with Gasteiger partial charge in [-0.25, -0.2) is 14.6 Å². The van der Waals surface area contributed by atoms with Gasteiger partial charge in [0.25, 0.3) is 5.91 Å². The number of nitrogens with one attached hydrogen (secondary N) is 1. The number of anilines is 3. The number of para-hydroxylation sites is 1. The number of nitrogen functional groups attached to an aromatic ring is 2. The summed E-state index contributed by atoms with van der Waals surface area (Å²) in [5, 5.41) is 2.81. The molecular formula is C28H34N9O5P. The van der Waals surface area contributed by atoms with Crippen molar-refractivity contribution in [3.63, 3.8) is 0 Å². The Balaban J connectivity index is 1.35. The number of fused-ring (bicyclic) bond motifs is 1. The highest BCUT2D eigenvalue weighted by Crippen LogP contribution is 2.33. The van der Waals surface area contributed by atoms with Gasteiger partial charge in [-0.05, 0) is 50.2 Å². The Bertz CT molecular complexity index is 1590. The van der Waals surface area contributed by atoms with Crippen molar-refractivity contribution in [1.29, 1.82) is 0 Å². The van der Waals surface area contributed by atoms with Gasteiger partial charge >= 0.3 is 14.1 Å². The first kappa shape index (κ1) is 31.1. The predicted octanol–water partition coefficient (Wildman–Crippen LogP) is 2.67. The van der Waals surface area contributed by atoms with Crippen molar-refractivity contribution in [3.8, 4) is 5.75 Å². The third-order valence-electron chi connectivity index (χ3n) is 6.39. The molecule has 2 heterocycles. The number of rotatable bonds is 13. The maximum absolute atomic E-state index is 13.1. The van der Waals surface area contributed by atoms with E-state index in [2.05, 4.69) is 25.3 Å². The van der Waals surface area contributed by atoms with Gasteiger partial charge in [-0.1, -0.05) is 18.2 Å². The van der Waals surface area contributed by atoms with Crippen LogP contribution in [0.4, 0.5) is 17.5 Å². The summed E-state index contributed by atoms with van der Waals surface area (Å²) in [6.45, 7) is 4.12. The lowest BCUT2D eigenvalue weighted by molar-refractivity contribution is -0.147. The predicted molar refractivity (Wildman–Crippen MR) is 164 cm³/mol. The quantitative estimate of drug-likeness (QED) is 0.149. The van der Waals surface area contributed by atoms with Crippen LogP contribution in [0.1, 0.15) is 29.9 Å². The molecule has 0 saturated heterocycles. The van der Waals surface area contributed by atoms with Crippen molar-refractivity contribution in [2.24, 2.45) is 0 Å². The number of benzene rings is 2. The second kappa shape index (κ2) is 14.4. The molecule has 15 heteroatoms. The molecule has 0 aliphatic rings. The van der Waals surface area contributed by atoms with Crippen LogP contribution in [0.5, 0.6) is 5.75 Å². The summed E-state index contributed by atoms with van der Waals surface area (Å²) in [7, 11) is -0.986. The number of carbonyl (C=O) groups excluding carboxylic acids is 2. The Morgan fingerprint density at radius 2 is 1.77 bits per heavy atom. The zero-order valence-electron chi connectivity index (χ0n) is 24.1. The highest BCUT2D eigenvalue weighted by atomic mass is 31.1. The lowest BCUT2D eigenvalue weighted by Crippen LogP contribution is -2.40. The lowest BCUT2D eigenvalue weighted by atomic mass is 10.2. The van der Waals surface area contributed by atoms with Crippen molar-refractivity contribution in [2.75, 3.05) is 43.1 Å². The number of nitrogens with zero attached hydrogens (tertiary/aromatic N) is 6. The first-order valence-electron chi connectivity index (χ1n) is 13.5. The molecule has 1 amide bonds. The van der Waals surface area contributed by atoms with E-state index in [4.69, 9.17) is 20.7 Å². The molecule has 5 N–H and O–H groups in total. The highest BCUT2D eigenvalue weighted by molar-refractivity contribution is 7.36. The number of ether oxygens (including phenoxy) is 1. The summed E-state index contributed by atoms with van der Waals surface area (Å²) in [4.78, 5) is 43.9. The molecule has 0 aliphatic carbocycles. The molecule has 4 rings (SSSR count). The largest absolute Gasteiger partial charge is 0.465 e. The maximum atomic E-state index is 13.1. The molecule has 0 bridgehead atoms. The third-order valence-corrected chi connectivity index (χ3v) is 7.88. The van der Waals surface area contributed by atoms with Crippen molar-refractivity contribution in [2.45, 2.75) is 26.4 Å². The Labute approximate surface area is 249 Å². The van der Waals surface area contributed by atoms with Gasteiger partial charge in [0.1, 0.15) is 11.8 Å². The first-order valence-corrected chi connectivity index (χ1v) is 14.8. The molecule has 0 saturated carbocycles. The van der Waals surface area contributed by atoms with E-state index in [0.717, 1.165) is 5.69 Å². The topological polar surface area (TPSA) is 192 Å². The average molecular weight is 608 g/mol. The normalized spacial score (nSPS) is 12.5. The molecule has 0 fully saturated rings. The van der Waals surface area contributed by atoms with E-state index in [1.807, 2.05) is 30.1 Å². The van der Waals surface area contributed by atoms with Crippen molar-refractivity contribution < 1.29 is 23.4 Å². The van der Waals surface area contributed by atoms with Gasteiger partial charge in [0.2, 0.25) is 5.95 Å². The fourth-order valence-electron chi connectivity index (χ4n) is 4.13. The second-order valence-corrected chi connectivity index (χ2v) is 10.8. The number of hydrogen-bond donors (Lipinski definition) is 3. The molecule has 2 atom stereocenters. The molecule has 2 aromatic carbocycles. The van der Waals surface area contributed by atoms with Crippen molar-refractivity contribution in [1.82, 2.24) is 29.9 Å². The summed E-state index contributed by atoms with van der Waals surface area (Å²) in [5.74, 6) is -0.247. The summed E-state index contributed by atoms with van der Waals surface area (Å²) < 4.78 is 25.2. The standard InChI is InChI=1S/C28H34N9O5P/c1-4-41-27(39)18(2)37(43(40)42-22-8-6-5-7-9-22)15-14-31-26(38)19-10-12-21(13-11-19)36(3)17-20-16-32-25-23(33-20)24(29)34-28(30)35-25/h5-13,16,18,43H,4,14-15,17H2,1-3H3,(H,31,38)(H4,29,30,32,34,35). The molecule has 226 valence electrons. The van der Waals surface area contributed by atoms with Gasteiger partial charge in [-0.3, -0.25) is 14.2 Å². The second-order valence-electron chi connectivity index (χ2n) is 9.46. The van der Waals surface area contributed by atoms with Gasteiger partial charge in [0.15, 0.2) is 17.0 Å². The fraction of sp³-hybridized carbons (Fsp3) is 0.286. The van der Waals surface area contributed by atoms with Crippen molar-refractivity contribution >= 4 is 48.7 Å². The van der Waals surface area contributed by atoms with Crippen LogP contribution in [0.3, 0.4) is 0 Å². The van der Waals surface area contributed by atoms with Crippen LogP contribution < -0.4 is 26.2 Å². The molecule has 14 nitrogen and oxygen atoms in total. The number of amides is 1. The van der Waals surface area contributed by atoms with Crippen LogP contribution in [-0.4, -0.2) is 69.3 Å². The summed E-state index contributed by atoms with van der Waals surface area (Å²) in [6, 6.07) is 14.9.